The predicted octanol–water partition coefficient (Wildman–Crippen LogP) is 1.33. The van der Waals surface area contributed by atoms with Gasteiger partial charge in [0.1, 0.15) is 6.10 Å². The first-order valence-electron chi connectivity index (χ1n) is 10.9. The summed E-state index contributed by atoms with van der Waals surface area (Å²) >= 11 is 0. The van der Waals surface area contributed by atoms with E-state index < -0.39 is 42.1 Å². The van der Waals surface area contributed by atoms with E-state index in [-0.39, 0.29) is 26.0 Å². The van der Waals surface area contributed by atoms with Gasteiger partial charge in [-0.2, -0.15) is 0 Å². The van der Waals surface area contributed by atoms with Crippen LogP contribution < -0.4 is 5.32 Å². The molecule has 5 N–H and O–H groups in total. The van der Waals surface area contributed by atoms with Gasteiger partial charge < -0.3 is 35.2 Å². The Hall–Kier alpha value is -3.08. The summed E-state index contributed by atoms with van der Waals surface area (Å²) in [7, 11) is 0. The van der Waals surface area contributed by atoms with E-state index in [0.29, 0.717) is 5.56 Å². The van der Waals surface area contributed by atoms with Gasteiger partial charge in [-0.25, -0.2) is 4.79 Å². The van der Waals surface area contributed by atoms with Crippen molar-refractivity contribution in [3.05, 3.63) is 72.8 Å². The number of amides is 1. The first kappa shape index (κ1) is 25.5. The van der Waals surface area contributed by atoms with E-state index in [2.05, 4.69) is 11.9 Å². The van der Waals surface area contributed by atoms with Gasteiger partial charge in [-0.3, -0.25) is 4.79 Å². The summed E-state index contributed by atoms with van der Waals surface area (Å²) in [6.45, 7) is 2.99. The minimum absolute atomic E-state index is 0.112. The van der Waals surface area contributed by atoms with E-state index in [4.69, 9.17) is 9.47 Å². The van der Waals surface area contributed by atoms with Crippen molar-refractivity contribution in [3.63, 3.8) is 0 Å². The highest BCUT2D eigenvalue weighted by atomic mass is 16.7. The average molecular weight is 472 g/mol. The number of carboxylic acid groups (broad SMARTS) is 1. The third-order valence-corrected chi connectivity index (χ3v) is 5.61. The molecule has 0 saturated carbocycles. The molecule has 1 heterocycles. The molecule has 0 radical (unpaired) electrons. The van der Waals surface area contributed by atoms with Crippen molar-refractivity contribution in [1.29, 1.82) is 0 Å². The summed E-state index contributed by atoms with van der Waals surface area (Å²) in [5, 5.41) is 43.2. The van der Waals surface area contributed by atoms with E-state index in [1.54, 1.807) is 12.1 Å². The Balaban J connectivity index is 1.59. The molecular formula is C25H29NO8. The highest BCUT2D eigenvalue weighted by molar-refractivity contribution is 5.94. The molecule has 0 aromatic heterocycles. The van der Waals surface area contributed by atoms with Crippen LogP contribution in [0.15, 0.2) is 67.3 Å². The fraction of sp³-hybridized carbons (Fsp3) is 0.360. The third-order valence-electron chi connectivity index (χ3n) is 5.61. The number of aliphatic carboxylic acids is 1. The van der Waals surface area contributed by atoms with Gasteiger partial charge in [0.25, 0.3) is 11.7 Å². The fourth-order valence-corrected chi connectivity index (χ4v) is 3.81. The van der Waals surface area contributed by atoms with E-state index in [1.165, 1.54) is 6.08 Å². The number of carbonyl (C=O) groups excluding carboxylic acids is 1. The number of ether oxygens (including phenoxy) is 2. The first-order chi connectivity index (χ1) is 16.3. The van der Waals surface area contributed by atoms with Gasteiger partial charge in [0.15, 0.2) is 0 Å². The maximum Gasteiger partial charge on any atom is 0.364 e. The van der Waals surface area contributed by atoms with Gasteiger partial charge in [-0.05, 0) is 23.3 Å². The molecule has 34 heavy (non-hydrogen) atoms. The van der Waals surface area contributed by atoms with Gasteiger partial charge in [-0.1, -0.05) is 48.5 Å². The lowest BCUT2D eigenvalue weighted by molar-refractivity contribution is -0.301. The second kappa shape index (κ2) is 11.4. The number of aliphatic hydroxyl groups is 3. The molecule has 2 aromatic carbocycles. The zero-order valence-electron chi connectivity index (χ0n) is 18.5. The minimum Gasteiger partial charge on any atom is -0.477 e. The zero-order chi connectivity index (χ0) is 24.7. The van der Waals surface area contributed by atoms with Crippen molar-refractivity contribution >= 4 is 11.9 Å². The van der Waals surface area contributed by atoms with Crippen LogP contribution in [0.2, 0.25) is 0 Å². The molecule has 9 nitrogen and oxygen atoms in total. The molecule has 1 saturated heterocycles. The van der Waals surface area contributed by atoms with E-state index >= 15 is 0 Å². The molecule has 1 fully saturated rings. The molecule has 182 valence electrons. The summed E-state index contributed by atoms with van der Waals surface area (Å²) in [5.41, 5.74) is 2.33. The SMILES string of the molecule is C=CCOC1(C(=O)O)CC(O)CC([C@@H](O)C(O)CNC(=O)c2ccc(-c3ccccc3)cc2)O1. The first-order valence-corrected chi connectivity index (χ1v) is 10.9. The number of aliphatic hydroxyl groups excluding tert-OH is 3. The fourth-order valence-electron chi connectivity index (χ4n) is 3.81. The molecule has 5 atom stereocenters. The summed E-state index contributed by atoms with van der Waals surface area (Å²) < 4.78 is 10.7. The molecule has 0 aliphatic carbocycles. The van der Waals surface area contributed by atoms with Crippen LogP contribution in [0.5, 0.6) is 0 Å². The van der Waals surface area contributed by atoms with Crippen LogP contribution in [0.1, 0.15) is 23.2 Å². The smallest absolute Gasteiger partial charge is 0.364 e. The molecule has 9 heteroatoms. The standard InChI is InChI=1S/C25H29NO8/c1-2-12-33-25(24(31)32)14-19(27)13-21(34-25)22(29)20(28)15-26-23(30)18-10-8-17(9-11-18)16-6-4-3-5-7-16/h2-11,19-22,27-29H,1,12-15H2,(H,26,30)(H,31,32)/t19?,20?,21?,22-,25?/m0/s1. The Morgan fingerprint density at radius 3 is 2.41 bits per heavy atom. The zero-order valence-corrected chi connectivity index (χ0v) is 18.5. The van der Waals surface area contributed by atoms with Crippen LogP contribution in [-0.2, 0) is 14.3 Å². The summed E-state index contributed by atoms with van der Waals surface area (Å²) in [6, 6.07) is 16.6. The molecule has 1 aliphatic heterocycles. The number of carbonyl (C=O) groups is 2. The highest BCUT2D eigenvalue weighted by Gasteiger charge is 2.51. The number of benzene rings is 2. The number of nitrogens with one attached hydrogen (secondary N) is 1. The quantitative estimate of drug-likeness (QED) is 0.326. The minimum atomic E-state index is -2.18. The van der Waals surface area contributed by atoms with Crippen molar-refractivity contribution in [2.75, 3.05) is 13.2 Å². The molecule has 0 spiro atoms. The van der Waals surface area contributed by atoms with Gasteiger partial charge in [-0.15, -0.1) is 6.58 Å². The summed E-state index contributed by atoms with van der Waals surface area (Å²) in [6.07, 6.45) is -4.56. The van der Waals surface area contributed by atoms with Crippen molar-refractivity contribution in [2.24, 2.45) is 0 Å². The molecule has 3 rings (SSSR count). The van der Waals surface area contributed by atoms with Crippen LogP contribution >= 0.6 is 0 Å². The van der Waals surface area contributed by atoms with E-state index in [1.807, 2.05) is 42.5 Å². The number of carboxylic acids is 1. The van der Waals surface area contributed by atoms with Crippen LogP contribution in [0, 0.1) is 0 Å². The van der Waals surface area contributed by atoms with Crippen molar-refractivity contribution < 1.29 is 39.5 Å². The number of hydrogen-bond donors (Lipinski definition) is 5. The lowest BCUT2D eigenvalue weighted by Gasteiger charge is -2.42. The molecule has 4 unspecified atom stereocenters. The Kier molecular flexibility index (Phi) is 8.54. The lowest BCUT2D eigenvalue weighted by Crippen LogP contribution is -2.58. The summed E-state index contributed by atoms with van der Waals surface area (Å²) in [4.78, 5) is 24.2. The molecule has 0 bridgehead atoms. The number of rotatable bonds is 10. The van der Waals surface area contributed by atoms with Gasteiger partial charge in [0.05, 0.1) is 24.9 Å². The summed E-state index contributed by atoms with van der Waals surface area (Å²) in [5.74, 6) is -4.10. The van der Waals surface area contributed by atoms with Gasteiger partial charge >= 0.3 is 5.97 Å². The van der Waals surface area contributed by atoms with Crippen molar-refractivity contribution in [3.8, 4) is 11.1 Å². The second-order valence-electron chi connectivity index (χ2n) is 8.12. The predicted molar refractivity (Wildman–Crippen MR) is 123 cm³/mol. The van der Waals surface area contributed by atoms with Crippen molar-refractivity contribution in [1.82, 2.24) is 5.32 Å². The average Bonchev–Trinajstić information content (AvgIpc) is 2.85. The van der Waals surface area contributed by atoms with Crippen LogP contribution in [0.3, 0.4) is 0 Å². The molecule has 1 amide bonds. The Labute approximate surface area is 197 Å². The lowest BCUT2D eigenvalue weighted by atomic mass is 9.93. The topological polar surface area (TPSA) is 146 Å². The second-order valence-corrected chi connectivity index (χ2v) is 8.12. The largest absolute Gasteiger partial charge is 0.477 e. The Morgan fingerprint density at radius 2 is 1.79 bits per heavy atom. The van der Waals surface area contributed by atoms with Gasteiger partial charge in [0, 0.05) is 24.9 Å². The van der Waals surface area contributed by atoms with Crippen LogP contribution in [0.25, 0.3) is 11.1 Å². The highest BCUT2D eigenvalue weighted by Crippen LogP contribution is 2.33. The maximum atomic E-state index is 12.5. The van der Waals surface area contributed by atoms with Crippen molar-refractivity contribution in [2.45, 2.75) is 43.0 Å². The Bertz CT molecular complexity index is 980. The van der Waals surface area contributed by atoms with Crippen LogP contribution in [0.4, 0.5) is 0 Å². The van der Waals surface area contributed by atoms with Crippen LogP contribution in [-0.4, -0.2) is 75.7 Å². The monoisotopic (exact) mass is 471 g/mol. The number of hydrogen-bond acceptors (Lipinski definition) is 7. The normalized spacial score (nSPS) is 24.1. The van der Waals surface area contributed by atoms with Gasteiger partial charge in [0.2, 0.25) is 0 Å². The molecule has 1 aliphatic rings. The Morgan fingerprint density at radius 1 is 1.15 bits per heavy atom. The maximum absolute atomic E-state index is 12.5. The van der Waals surface area contributed by atoms with E-state index in [0.717, 1.165) is 11.1 Å². The van der Waals surface area contributed by atoms with E-state index in [9.17, 15) is 30.0 Å². The molecular weight excluding hydrogens is 442 g/mol. The third kappa shape index (κ3) is 6.07. The molecule has 2 aromatic rings.